The lowest BCUT2D eigenvalue weighted by atomic mass is 10.0. The van der Waals surface area contributed by atoms with Crippen LogP contribution in [0.3, 0.4) is 0 Å². The zero-order valence-corrected chi connectivity index (χ0v) is 9.62. The van der Waals surface area contributed by atoms with Gasteiger partial charge in [-0.2, -0.15) is 18.3 Å². The Labute approximate surface area is 106 Å². The molecule has 0 aliphatic carbocycles. The Morgan fingerprint density at radius 3 is 2.74 bits per heavy atom. The van der Waals surface area contributed by atoms with E-state index < -0.39 is 11.7 Å². The lowest BCUT2D eigenvalue weighted by Gasteiger charge is -2.12. The van der Waals surface area contributed by atoms with Crippen molar-refractivity contribution in [2.75, 3.05) is 6.54 Å². The topological polar surface area (TPSA) is 53.1 Å². The van der Waals surface area contributed by atoms with Crippen LogP contribution < -0.4 is 5.32 Å². The second kappa shape index (κ2) is 4.11. The van der Waals surface area contributed by atoms with Gasteiger partial charge in [-0.15, -0.1) is 0 Å². The molecule has 1 aromatic carbocycles. The Morgan fingerprint density at radius 2 is 2.05 bits per heavy atom. The van der Waals surface area contributed by atoms with Crippen LogP contribution in [0.25, 0.3) is 16.6 Å². The van der Waals surface area contributed by atoms with Crippen molar-refractivity contribution in [3.05, 3.63) is 35.7 Å². The second-order valence-electron chi connectivity index (χ2n) is 4.10. The molecule has 2 N–H and O–H groups in total. The zero-order chi connectivity index (χ0) is 13.5. The molecule has 4 nitrogen and oxygen atoms in total. The van der Waals surface area contributed by atoms with Crippen LogP contribution in [0.4, 0.5) is 13.2 Å². The summed E-state index contributed by atoms with van der Waals surface area (Å²) in [7, 11) is 0. The van der Waals surface area contributed by atoms with E-state index in [9.17, 15) is 13.2 Å². The number of aromatic amines is 1. The normalized spacial score (nSPS) is 15.4. The molecule has 0 radical (unpaired) electrons. The van der Waals surface area contributed by atoms with Crippen molar-refractivity contribution in [2.45, 2.75) is 6.18 Å². The summed E-state index contributed by atoms with van der Waals surface area (Å²) in [4.78, 5) is 4.12. The molecular formula is C12H9F3N4. The zero-order valence-electron chi connectivity index (χ0n) is 9.62. The highest BCUT2D eigenvalue weighted by Gasteiger charge is 2.32. The number of halogens is 3. The average molecular weight is 266 g/mol. The molecule has 1 aromatic heterocycles. The van der Waals surface area contributed by atoms with E-state index in [1.165, 1.54) is 6.20 Å². The highest BCUT2D eigenvalue weighted by atomic mass is 19.4. The molecule has 2 heterocycles. The molecule has 0 saturated heterocycles. The quantitative estimate of drug-likeness (QED) is 0.833. The van der Waals surface area contributed by atoms with Crippen LogP contribution in [0.2, 0.25) is 0 Å². The second-order valence-corrected chi connectivity index (χ2v) is 4.10. The predicted molar refractivity (Wildman–Crippen MR) is 65.6 cm³/mol. The Bertz CT molecular complexity index is 682. The first-order valence-electron chi connectivity index (χ1n) is 5.56. The molecule has 1 aliphatic heterocycles. The van der Waals surface area contributed by atoms with E-state index in [0.29, 0.717) is 28.7 Å². The van der Waals surface area contributed by atoms with Crippen molar-refractivity contribution in [2.24, 2.45) is 4.99 Å². The summed E-state index contributed by atoms with van der Waals surface area (Å²) in [5.74, 6) is 0. The minimum atomic E-state index is -4.40. The fraction of sp³-hybridized carbons (Fsp3) is 0.167. The molecule has 0 fully saturated rings. The molecule has 3 rings (SSSR count). The van der Waals surface area contributed by atoms with Crippen molar-refractivity contribution in [3.8, 4) is 0 Å². The van der Waals surface area contributed by atoms with Crippen molar-refractivity contribution < 1.29 is 13.2 Å². The predicted octanol–water partition coefficient (Wildman–Crippen LogP) is 2.55. The highest BCUT2D eigenvalue weighted by Crippen LogP contribution is 2.35. The van der Waals surface area contributed by atoms with E-state index >= 15 is 0 Å². The first-order chi connectivity index (χ1) is 9.05. The number of nitrogens with one attached hydrogen (secondary N) is 2. The van der Waals surface area contributed by atoms with E-state index in [4.69, 9.17) is 0 Å². The van der Waals surface area contributed by atoms with Crippen molar-refractivity contribution >= 4 is 22.8 Å². The van der Waals surface area contributed by atoms with Crippen LogP contribution in [-0.2, 0) is 6.18 Å². The molecule has 0 amide bonds. The molecule has 2 aromatic rings. The first-order valence-corrected chi connectivity index (χ1v) is 5.56. The van der Waals surface area contributed by atoms with Gasteiger partial charge in [-0.3, -0.25) is 10.1 Å². The maximum Gasteiger partial charge on any atom is 0.416 e. The molecule has 7 heteroatoms. The van der Waals surface area contributed by atoms with Gasteiger partial charge in [-0.05, 0) is 12.1 Å². The Hall–Kier alpha value is -2.31. The van der Waals surface area contributed by atoms with Crippen LogP contribution in [0.15, 0.2) is 29.5 Å². The van der Waals surface area contributed by atoms with E-state index in [1.807, 2.05) is 0 Å². The fourth-order valence-corrected chi connectivity index (χ4v) is 1.96. The van der Waals surface area contributed by atoms with Crippen LogP contribution in [-0.4, -0.2) is 23.0 Å². The van der Waals surface area contributed by atoms with Gasteiger partial charge in [-0.1, -0.05) is 0 Å². The molecule has 98 valence electrons. The lowest BCUT2D eigenvalue weighted by molar-refractivity contribution is -0.137. The number of alkyl halides is 3. The minimum Gasteiger partial charge on any atom is -0.384 e. The van der Waals surface area contributed by atoms with E-state index in [-0.39, 0.29) is 0 Å². The van der Waals surface area contributed by atoms with Gasteiger partial charge in [0, 0.05) is 29.9 Å². The third kappa shape index (κ3) is 2.07. The molecule has 0 unspecified atom stereocenters. The Kier molecular flexibility index (Phi) is 2.55. The molecule has 0 spiro atoms. The number of H-pyrrole nitrogens is 1. The SMILES string of the molecule is FC(F)(F)c1cc(C2=CNCC=N2)c2cn[nH]c2c1. The van der Waals surface area contributed by atoms with Gasteiger partial charge in [0.05, 0.1) is 23.0 Å². The number of nitrogens with zero attached hydrogens (tertiary/aromatic N) is 2. The number of rotatable bonds is 1. The lowest BCUT2D eigenvalue weighted by Crippen LogP contribution is -2.13. The number of hydrogen-bond donors (Lipinski definition) is 2. The largest absolute Gasteiger partial charge is 0.416 e. The summed E-state index contributed by atoms with van der Waals surface area (Å²) < 4.78 is 38.6. The van der Waals surface area contributed by atoms with Gasteiger partial charge in [0.15, 0.2) is 0 Å². The van der Waals surface area contributed by atoms with Crippen LogP contribution >= 0.6 is 0 Å². The summed E-state index contributed by atoms with van der Waals surface area (Å²) in [5, 5.41) is 9.89. The summed E-state index contributed by atoms with van der Waals surface area (Å²) in [6, 6.07) is 2.14. The molecule has 1 aliphatic rings. The van der Waals surface area contributed by atoms with Crippen LogP contribution in [0.5, 0.6) is 0 Å². The van der Waals surface area contributed by atoms with Gasteiger partial charge in [-0.25, -0.2) is 0 Å². The number of aromatic nitrogens is 2. The van der Waals surface area contributed by atoms with Gasteiger partial charge >= 0.3 is 6.18 Å². The maximum atomic E-state index is 12.9. The number of benzene rings is 1. The number of hydrogen-bond acceptors (Lipinski definition) is 3. The van der Waals surface area contributed by atoms with Gasteiger partial charge in [0.2, 0.25) is 0 Å². The highest BCUT2D eigenvalue weighted by molar-refractivity contribution is 5.93. The number of fused-ring (bicyclic) bond motifs is 1. The maximum absolute atomic E-state index is 12.9. The standard InChI is InChI=1S/C12H9F3N4/c13-12(14,15)7-3-8(11-6-16-1-2-17-11)9-5-18-19-10(9)4-7/h2-6,16H,1H2,(H,18,19). The van der Waals surface area contributed by atoms with Gasteiger partial charge in [0.1, 0.15) is 0 Å². The van der Waals surface area contributed by atoms with E-state index in [0.717, 1.165) is 12.1 Å². The molecule has 0 atom stereocenters. The van der Waals surface area contributed by atoms with Gasteiger partial charge in [0.25, 0.3) is 0 Å². The average Bonchev–Trinajstić information content (AvgIpc) is 2.85. The summed E-state index contributed by atoms with van der Waals surface area (Å²) >= 11 is 0. The molecule has 0 bridgehead atoms. The van der Waals surface area contributed by atoms with E-state index in [1.54, 1.807) is 12.4 Å². The van der Waals surface area contributed by atoms with Gasteiger partial charge < -0.3 is 5.32 Å². The summed E-state index contributed by atoms with van der Waals surface area (Å²) in [6.45, 7) is 0.566. The summed E-state index contributed by atoms with van der Waals surface area (Å²) in [5.41, 5.74) is 0.484. The first kappa shape index (κ1) is 11.8. The summed E-state index contributed by atoms with van der Waals surface area (Å²) in [6.07, 6.45) is 0.305. The van der Waals surface area contributed by atoms with Crippen LogP contribution in [0.1, 0.15) is 11.1 Å². The van der Waals surface area contributed by atoms with Crippen molar-refractivity contribution in [1.82, 2.24) is 15.5 Å². The fourth-order valence-electron chi connectivity index (χ4n) is 1.96. The van der Waals surface area contributed by atoms with Crippen molar-refractivity contribution in [1.29, 1.82) is 0 Å². The molecular weight excluding hydrogens is 257 g/mol. The Morgan fingerprint density at radius 1 is 1.21 bits per heavy atom. The van der Waals surface area contributed by atoms with E-state index in [2.05, 4.69) is 20.5 Å². The third-order valence-corrected chi connectivity index (χ3v) is 2.84. The minimum absolute atomic E-state index is 0.339. The third-order valence-electron chi connectivity index (χ3n) is 2.84. The van der Waals surface area contributed by atoms with Crippen molar-refractivity contribution in [3.63, 3.8) is 0 Å². The monoisotopic (exact) mass is 266 g/mol. The molecule has 19 heavy (non-hydrogen) atoms. The Balaban J connectivity index is 2.24. The van der Waals surface area contributed by atoms with Crippen LogP contribution in [0, 0.1) is 0 Å². The molecule has 0 saturated carbocycles. The number of aliphatic imine (C=N–C) groups is 1. The smallest absolute Gasteiger partial charge is 0.384 e.